The van der Waals surface area contributed by atoms with E-state index in [9.17, 15) is 9.90 Å². The standard InChI is InChI=1S/C18H26O3/c1-12-10-14-9-8-13(2)15(6-4-5-7-16(19)20)17(14)18(3,21)11-12/h4-9,12-15,17,21H,10-11H2,1-3H3,(H,19,20)/b6-4+,7-5+/t12-,13+,14+,15+,17+,18+/m1/s1. The molecule has 0 amide bonds. The topological polar surface area (TPSA) is 57.5 Å². The van der Waals surface area contributed by atoms with Gasteiger partial charge in [-0.1, -0.05) is 44.2 Å². The highest BCUT2D eigenvalue weighted by molar-refractivity contribution is 5.80. The lowest BCUT2D eigenvalue weighted by Gasteiger charge is -2.50. The van der Waals surface area contributed by atoms with E-state index in [4.69, 9.17) is 5.11 Å². The zero-order valence-electron chi connectivity index (χ0n) is 13.1. The third-order valence-corrected chi connectivity index (χ3v) is 4.98. The molecule has 0 radical (unpaired) electrons. The lowest BCUT2D eigenvalue weighted by atomic mass is 9.57. The summed E-state index contributed by atoms with van der Waals surface area (Å²) in [6, 6.07) is 0. The van der Waals surface area contributed by atoms with E-state index in [1.54, 1.807) is 12.2 Å². The average Bonchev–Trinajstić information content (AvgIpc) is 2.35. The first-order valence-electron chi connectivity index (χ1n) is 7.80. The van der Waals surface area contributed by atoms with Crippen LogP contribution in [0, 0.1) is 29.6 Å². The number of carboxylic acid groups (broad SMARTS) is 1. The Morgan fingerprint density at radius 2 is 2.00 bits per heavy atom. The predicted molar refractivity (Wildman–Crippen MR) is 83.7 cm³/mol. The van der Waals surface area contributed by atoms with E-state index in [1.165, 1.54) is 0 Å². The maximum Gasteiger partial charge on any atom is 0.328 e. The van der Waals surface area contributed by atoms with Gasteiger partial charge < -0.3 is 10.2 Å². The summed E-state index contributed by atoms with van der Waals surface area (Å²) < 4.78 is 0. The molecule has 2 rings (SSSR count). The molecule has 2 N–H and O–H groups in total. The normalized spacial score (nSPS) is 43.3. The molecule has 0 aromatic heterocycles. The van der Waals surface area contributed by atoms with E-state index < -0.39 is 11.6 Å². The van der Waals surface area contributed by atoms with Crippen molar-refractivity contribution in [3.63, 3.8) is 0 Å². The van der Waals surface area contributed by atoms with E-state index >= 15 is 0 Å². The van der Waals surface area contributed by atoms with Gasteiger partial charge >= 0.3 is 5.97 Å². The second-order valence-electron chi connectivity index (χ2n) is 7.00. The molecule has 21 heavy (non-hydrogen) atoms. The third kappa shape index (κ3) is 3.65. The number of fused-ring (bicyclic) bond motifs is 1. The van der Waals surface area contributed by atoms with Crippen LogP contribution in [0.4, 0.5) is 0 Å². The van der Waals surface area contributed by atoms with Crippen LogP contribution in [0.1, 0.15) is 33.6 Å². The monoisotopic (exact) mass is 290 g/mol. The molecule has 0 spiro atoms. The summed E-state index contributed by atoms with van der Waals surface area (Å²) in [6.45, 7) is 6.33. The van der Waals surface area contributed by atoms with Crippen molar-refractivity contribution in [3.8, 4) is 0 Å². The number of carboxylic acids is 1. The van der Waals surface area contributed by atoms with E-state index in [1.807, 2.05) is 6.92 Å². The van der Waals surface area contributed by atoms with Crippen molar-refractivity contribution in [2.24, 2.45) is 29.6 Å². The van der Waals surface area contributed by atoms with Gasteiger partial charge in [0.05, 0.1) is 5.60 Å². The van der Waals surface area contributed by atoms with Crippen LogP contribution >= 0.6 is 0 Å². The second kappa shape index (κ2) is 6.18. The number of carbonyl (C=O) groups is 1. The number of aliphatic carboxylic acids is 1. The molecule has 6 atom stereocenters. The second-order valence-corrected chi connectivity index (χ2v) is 7.00. The molecule has 2 aliphatic carbocycles. The Morgan fingerprint density at radius 1 is 1.29 bits per heavy atom. The van der Waals surface area contributed by atoms with Crippen molar-refractivity contribution in [1.29, 1.82) is 0 Å². The van der Waals surface area contributed by atoms with Crippen molar-refractivity contribution >= 4 is 5.97 Å². The molecule has 0 bridgehead atoms. The Hall–Kier alpha value is -1.35. The lowest BCUT2D eigenvalue weighted by molar-refractivity contribution is -0.131. The number of hydrogen-bond acceptors (Lipinski definition) is 2. The molecule has 3 heteroatoms. The fourth-order valence-electron chi connectivity index (χ4n) is 4.29. The smallest absolute Gasteiger partial charge is 0.328 e. The van der Waals surface area contributed by atoms with Crippen molar-refractivity contribution in [2.75, 3.05) is 0 Å². The molecular formula is C18H26O3. The number of aliphatic hydroxyl groups is 1. The zero-order chi connectivity index (χ0) is 15.6. The van der Waals surface area contributed by atoms with Crippen molar-refractivity contribution in [2.45, 2.75) is 39.2 Å². The van der Waals surface area contributed by atoms with Gasteiger partial charge in [0.25, 0.3) is 0 Å². The quantitative estimate of drug-likeness (QED) is 0.476. The van der Waals surface area contributed by atoms with Crippen LogP contribution < -0.4 is 0 Å². The van der Waals surface area contributed by atoms with Crippen LogP contribution in [-0.4, -0.2) is 21.8 Å². The summed E-state index contributed by atoms with van der Waals surface area (Å²) in [5.74, 6) is 0.839. The van der Waals surface area contributed by atoms with Gasteiger partial charge in [0.2, 0.25) is 0 Å². The molecule has 1 saturated carbocycles. The molecule has 0 heterocycles. The fourth-order valence-corrected chi connectivity index (χ4v) is 4.29. The zero-order valence-corrected chi connectivity index (χ0v) is 13.1. The first kappa shape index (κ1) is 16.0. The van der Waals surface area contributed by atoms with Crippen molar-refractivity contribution < 1.29 is 15.0 Å². The highest BCUT2D eigenvalue weighted by atomic mass is 16.4. The highest BCUT2D eigenvalue weighted by Crippen LogP contribution is 2.50. The number of rotatable bonds is 3. The Bertz CT molecular complexity index is 473. The number of hydrogen-bond donors (Lipinski definition) is 2. The van der Waals surface area contributed by atoms with Gasteiger partial charge in [-0.15, -0.1) is 0 Å². The van der Waals surface area contributed by atoms with Crippen molar-refractivity contribution in [3.05, 3.63) is 36.5 Å². The van der Waals surface area contributed by atoms with Gasteiger partial charge in [-0.05, 0) is 43.4 Å². The summed E-state index contributed by atoms with van der Waals surface area (Å²) in [5.41, 5.74) is -0.660. The van der Waals surface area contributed by atoms with Crippen LogP contribution in [-0.2, 0) is 4.79 Å². The first-order chi connectivity index (χ1) is 9.81. The first-order valence-corrected chi connectivity index (χ1v) is 7.80. The summed E-state index contributed by atoms with van der Waals surface area (Å²) >= 11 is 0. The molecule has 3 nitrogen and oxygen atoms in total. The van der Waals surface area contributed by atoms with Gasteiger partial charge in [0.15, 0.2) is 0 Å². The van der Waals surface area contributed by atoms with E-state index in [0.29, 0.717) is 17.8 Å². The summed E-state index contributed by atoms with van der Waals surface area (Å²) in [7, 11) is 0. The number of allylic oxidation sites excluding steroid dienone is 5. The Morgan fingerprint density at radius 3 is 2.67 bits per heavy atom. The molecule has 2 aliphatic rings. The van der Waals surface area contributed by atoms with Crippen LogP contribution in [0.25, 0.3) is 0 Å². The average molecular weight is 290 g/mol. The van der Waals surface area contributed by atoms with E-state index in [0.717, 1.165) is 18.9 Å². The highest BCUT2D eigenvalue weighted by Gasteiger charge is 2.48. The lowest BCUT2D eigenvalue weighted by Crippen LogP contribution is -2.50. The van der Waals surface area contributed by atoms with Crippen LogP contribution in [0.3, 0.4) is 0 Å². The van der Waals surface area contributed by atoms with Gasteiger partial charge in [-0.3, -0.25) is 0 Å². The molecule has 1 fully saturated rings. The van der Waals surface area contributed by atoms with Gasteiger partial charge in [-0.2, -0.15) is 0 Å². The Labute approximate surface area is 127 Å². The maximum absolute atomic E-state index is 10.9. The minimum atomic E-state index is -0.937. The SMILES string of the molecule is C[C@@H]1C[C@@H]2C=C[C@H](C)[C@H](/C=C/C=C/C(=O)O)[C@H]2[C@@](C)(O)C1. The van der Waals surface area contributed by atoms with E-state index in [-0.39, 0.29) is 11.8 Å². The summed E-state index contributed by atoms with van der Waals surface area (Å²) in [4.78, 5) is 10.5. The Balaban J connectivity index is 2.22. The molecule has 0 unspecified atom stereocenters. The largest absolute Gasteiger partial charge is 0.478 e. The van der Waals surface area contributed by atoms with E-state index in [2.05, 4.69) is 32.1 Å². The molecule has 0 aliphatic heterocycles. The summed E-state index contributed by atoms with van der Waals surface area (Å²) in [6.07, 6.45) is 13.0. The molecular weight excluding hydrogens is 264 g/mol. The molecule has 0 aromatic carbocycles. The minimum absolute atomic E-state index is 0.211. The van der Waals surface area contributed by atoms with Crippen LogP contribution in [0.5, 0.6) is 0 Å². The molecule has 0 saturated heterocycles. The maximum atomic E-state index is 10.9. The fraction of sp³-hybridized carbons (Fsp3) is 0.611. The van der Waals surface area contributed by atoms with Gasteiger partial charge in [0.1, 0.15) is 0 Å². The van der Waals surface area contributed by atoms with Crippen LogP contribution in [0.2, 0.25) is 0 Å². The third-order valence-electron chi connectivity index (χ3n) is 4.98. The van der Waals surface area contributed by atoms with Gasteiger partial charge in [0, 0.05) is 12.0 Å². The predicted octanol–water partition coefficient (Wildman–Crippen LogP) is 3.42. The Kier molecular flexibility index (Phi) is 4.72. The summed E-state index contributed by atoms with van der Waals surface area (Å²) in [5, 5.41) is 19.5. The van der Waals surface area contributed by atoms with Crippen molar-refractivity contribution in [1.82, 2.24) is 0 Å². The van der Waals surface area contributed by atoms with Gasteiger partial charge in [-0.25, -0.2) is 4.79 Å². The molecule has 116 valence electrons. The minimum Gasteiger partial charge on any atom is -0.478 e. The molecule has 0 aromatic rings. The van der Waals surface area contributed by atoms with Crippen LogP contribution in [0.15, 0.2) is 36.5 Å².